The largest absolute Gasteiger partial charge is 0.345 e. The van der Waals surface area contributed by atoms with E-state index in [0.29, 0.717) is 44.0 Å². The lowest BCUT2D eigenvalue weighted by atomic mass is 9.98. The maximum absolute atomic E-state index is 15.1. The summed E-state index contributed by atoms with van der Waals surface area (Å²) in [4.78, 5) is 35.0. The van der Waals surface area contributed by atoms with Gasteiger partial charge in [0.25, 0.3) is 0 Å². The van der Waals surface area contributed by atoms with Gasteiger partial charge in [-0.25, -0.2) is 14.2 Å². The fourth-order valence-corrected chi connectivity index (χ4v) is 6.44. The predicted molar refractivity (Wildman–Crippen MR) is 144 cm³/mol. The van der Waals surface area contributed by atoms with Crippen molar-refractivity contribution in [1.29, 1.82) is 0 Å². The maximum atomic E-state index is 15.1. The van der Waals surface area contributed by atoms with Crippen molar-refractivity contribution in [3.8, 4) is 0 Å². The van der Waals surface area contributed by atoms with Crippen molar-refractivity contribution < 1.29 is 14.0 Å². The van der Waals surface area contributed by atoms with Crippen molar-refractivity contribution in [2.75, 3.05) is 19.6 Å². The van der Waals surface area contributed by atoms with E-state index in [4.69, 9.17) is 0 Å². The minimum atomic E-state index is -0.352. The number of likely N-dealkylation sites (tertiary alicyclic amines) is 1. The van der Waals surface area contributed by atoms with Crippen molar-refractivity contribution in [3.05, 3.63) is 71.6 Å². The topological polar surface area (TPSA) is 62.9 Å². The molecule has 8 heteroatoms. The van der Waals surface area contributed by atoms with E-state index < -0.39 is 0 Å². The average molecular weight is 512 g/mol. The van der Waals surface area contributed by atoms with Crippen LogP contribution in [-0.4, -0.2) is 55.2 Å². The number of imidazole rings is 1. The molecule has 0 radical (unpaired) electrons. The second kappa shape index (κ2) is 8.82. The summed E-state index contributed by atoms with van der Waals surface area (Å²) in [5.41, 5.74) is 5.80. The van der Waals surface area contributed by atoms with Crippen LogP contribution in [0.25, 0.3) is 27.7 Å². The second-order valence-electron chi connectivity index (χ2n) is 10.9. The Labute approximate surface area is 220 Å². The number of halogens is 1. The molecule has 0 spiro atoms. The molecular formula is C30H30FN5O2. The smallest absolute Gasteiger partial charge is 0.320 e. The van der Waals surface area contributed by atoms with Gasteiger partial charge in [-0.2, -0.15) is 0 Å². The number of aromatic nitrogens is 3. The third-order valence-corrected chi connectivity index (χ3v) is 8.49. The molecule has 0 atom stereocenters. The Balaban J connectivity index is 1.32. The molecule has 2 amide bonds. The van der Waals surface area contributed by atoms with Gasteiger partial charge in [0, 0.05) is 68.1 Å². The number of rotatable bonds is 2. The highest BCUT2D eigenvalue weighted by atomic mass is 19.1. The molecule has 5 heterocycles. The van der Waals surface area contributed by atoms with E-state index in [1.54, 1.807) is 12.1 Å². The first-order chi connectivity index (χ1) is 18.5. The normalized spacial score (nSPS) is 18.7. The van der Waals surface area contributed by atoms with Crippen molar-refractivity contribution >= 4 is 39.5 Å². The molecule has 194 valence electrons. The number of benzene rings is 1. The van der Waals surface area contributed by atoms with Gasteiger partial charge in [-0.1, -0.05) is 13.0 Å². The van der Waals surface area contributed by atoms with Gasteiger partial charge in [0.2, 0.25) is 0 Å². The zero-order valence-electron chi connectivity index (χ0n) is 21.5. The number of nitrogens with zero attached hydrogens (tertiary/aromatic N) is 5. The number of pyridine rings is 1. The number of carbonyl (C=O) groups excluding carboxylic acids is 2. The highest BCUT2D eigenvalue weighted by molar-refractivity contribution is 6.33. The van der Waals surface area contributed by atoms with Gasteiger partial charge in [0.05, 0.1) is 17.4 Å². The van der Waals surface area contributed by atoms with Gasteiger partial charge in [0.15, 0.2) is 5.78 Å². The summed E-state index contributed by atoms with van der Waals surface area (Å²) in [6.07, 6.45) is 8.86. The quantitative estimate of drug-likeness (QED) is 0.364. The zero-order chi connectivity index (χ0) is 26.0. The Morgan fingerprint density at radius 2 is 1.89 bits per heavy atom. The van der Waals surface area contributed by atoms with E-state index in [1.807, 2.05) is 51.0 Å². The number of fused-ring (bicyclic) bond motifs is 1. The molecule has 2 aliphatic heterocycles. The van der Waals surface area contributed by atoms with E-state index in [-0.39, 0.29) is 17.6 Å². The van der Waals surface area contributed by atoms with Crippen molar-refractivity contribution in [2.24, 2.45) is 5.92 Å². The van der Waals surface area contributed by atoms with Gasteiger partial charge < -0.3 is 14.4 Å². The van der Waals surface area contributed by atoms with Crippen LogP contribution in [0.4, 0.5) is 9.18 Å². The summed E-state index contributed by atoms with van der Waals surface area (Å²) >= 11 is 0. The van der Waals surface area contributed by atoms with Crippen LogP contribution in [-0.2, 0) is 17.9 Å². The second-order valence-corrected chi connectivity index (χ2v) is 10.9. The third kappa shape index (κ3) is 3.65. The van der Waals surface area contributed by atoms with Crippen LogP contribution in [0.5, 0.6) is 0 Å². The molecule has 38 heavy (non-hydrogen) atoms. The first-order valence-corrected chi connectivity index (χ1v) is 13.5. The number of urea groups is 1. The fraction of sp³-hybridized carbons (Fsp3) is 0.367. The Bertz CT molecular complexity index is 1640. The maximum Gasteiger partial charge on any atom is 0.320 e. The number of Topliss-reactive ketones (excluding diaryl/α,β-unsaturated/α-hetero) is 1. The molecule has 0 N–H and O–H groups in total. The van der Waals surface area contributed by atoms with Gasteiger partial charge in [-0.15, -0.1) is 0 Å². The molecule has 1 aromatic carbocycles. The summed E-state index contributed by atoms with van der Waals surface area (Å²) in [6, 6.07) is 8.95. The number of allylic oxidation sites excluding steroid dienone is 2. The molecule has 0 unspecified atom stereocenters. The van der Waals surface area contributed by atoms with Crippen LogP contribution < -0.4 is 0 Å². The molecule has 1 fully saturated rings. The summed E-state index contributed by atoms with van der Waals surface area (Å²) < 4.78 is 19.2. The van der Waals surface area contributed by atoms with Crippen LogP contribution in [0, 0.1) is 11.7 Å². The lowest BCUT2D eigenvalue weighted by Gasteiger charge is -2.34. The summed E-state index contributed by atoms with van der Waals surface area (Å²) in [5, 5.41) is 0.734. The molecule has 3 aromatic heterocycles. The third-order valence-electron chi connectivity index (χ3n) is 8.49. The number of hydrogen-bond donors (Lipinski definition) is 0. The van der Waals surface area contributed by atoms with Crippen molar-refractivity contribution in [1.82, 2.24) is 23.8 Å². The molecule has 0 saturated carbocycles. The first kappa shape index (κ1) is 23.2. The van der Waals surface area contributed by atoms with E-state index >= 15 is 4.39 Å². The number of piperidine rings is 1. The Morgan fingerprint density at radius 3 is 2.74 bits per heavy atom. The highest BCUT2D eigenvalue weighted by Gasteiger charge is 2.32. The van der Waals surface area contributed by atoms with Crippen LogP contribution >= 0.6 is 0 Å². The van der Waals surface area contributed by atoms with Crippen LogP contribution in [0.15, 0.2) is 48.9 Å². The molecule has 3 aliphatic rings. The molecule has 4 aromatic rings. The monoisotopic (exact) mass is 511 g/mol. The van der Waals surface area contributed by atoms with Crippen LogP contribution in [0.2, 0.25) is 0 Å². The molecular weight excluding hydrogens is 481 g/mol. The molecule has 7 rings (SSSR count). The molecule has 1 aliphatic carbocycles. The fourth-order valence-electron chi connectivity index (χ4n) is 6.44. The molecule has 7 nitrogen and oxygen atoms in total. The summed E-state index contributed by atoms with van der Waals surface area (Å²) in [6.45, 7) is 5.26. The number of ketones is 1. The number of carbonyl (C=O) groups is 2. The standard InChI is InChI=1S/C30H30FN5O2/c1-19-7-10-33(11-8-19)30(38)35-13-12-34-18-24(23-15-21(31)14-20(17-35)29(23)34)28-22(5-6-26(28)37)25-16-32-27-4-2-3-9-36(25)27/h2-4,9,14-16,18-19H,5-8,10-13,17H2,1H3. The van der Waals surface area contributed by atoms with Gasteiger partial charge >= 0.3 is 6.03 Å². The van der Waals surface area contributed by atoms with Crippen molar-refractivity contribution in [3.63, 3.8) is 0 Å². The van der Waals surface area contributed by atoms with Gasteiger partial charge in [-0.3, -0.25) is 9.20 Å². The van der Waals surface area contributed by atoms with Crippen LogP contribution in [0.3, 0.4) is 0 Å². The predicted octanol–water partition coefficient (Wildman–Crippen LogP) is 5.37. The molecule has 0 bridgehead atoms. The highest BCUT2D eigenvalue weighted by Crippen LogP contribution is 2.42. The van der Waals surface area contributed by atoms with Gasteiger partial charge in [-0.05, 0) is 60.6 Å². The Morgan fingerprint density at radius 1 is 1.05 bits per heavy atom. The van der Waals surface area contributed by atoms with E-state index in [1.165, 1.54) is 0 Å². The number of amides is 2. The Hall–Kier alpha value is -3.94. The Kier molecular flexibility index (Phi) is 5.39. The zero-order valence-corrected chi connectivity index (χ0v) is 21.5. The number of hydrogen-bond acceptors (Lipinski definition) is 3. The minimum Gasteiger partial charge on any atom is -0.345 e. The van der Waals surface area contributed by atoms with Gasteiger partial charge in [0.1, 0.15) is 11.5 Å². The average Bonchev–Trinajstić information content (AvgIpc) is 3.57. The SMILES string of the molecule is CC1CCN(C(=O)N2CCn3cc(C4=C(c5cnc6ccccn56)CCC4=O)c4cc(F)cc(c43)C2)CC1. The van der Waals surface area contributed by atoms with E-state index in [2.05, 4.69) is 16.5 Å². The van der Waals surface area contributed by atoms with Crippen LogP contribution in [0.1, 0.15) is 49.4 Å². The summed E-state index contributed by atoms with van der Waals surface area (Å²) in [5.74, 6) is 0.363. The lowest BCUT2D eigenvalue weighted by Crippen LogP contribution is -2.46. The van der Waals surface area contributed by atoms with Crippen molar-refractivity contribution in [2.45, 2.75) is 45.7 Å². The molecule has 1 saturated heterocycles. The van der Waals surface area contributed by atoms with E-state index in [9.17, 15) is 9.59 Å². The lowest BCUT2D eigenvalue weighted by molar-refractivity contribution is -0.113. The van der Waals surface area contributed by atoms with E-state index in [0.717, 1.165) is 64.9 Å². The summed E-state index contributed by atoms with van der Waals surface area (Å²) in [7, 11) is 0. The first-order valence-electron chi connectivity index (χ1n) is 13.5. The minimum absolute atomic E-state index is 0.0314.